The van der Waals surface area contributed by atoms with Gasteiger partial charge < -0.3 is 9.84 Å². The second-order valence-corrected chi connectivity index (χ2v) is 5.39. The summed E-state index contributed by atoms with van der Waals surface area (Å²) < 4.78 is 5.12. The first-order valence-electron chi connectivity index (χ1n) is 6.75. The number of nitro groups is 1. The van der Waals surface area contributed by atoms with Crippen LogP contribution < -0.4 is 0 Å². The first kappa shape index (κ1) is 15.7. The lowest BCUT2D eigenvalue weighted by atomic mass is 9.99. The minimum atomic E-state index is -1.19. The number of ether oxygens (including phenoxy) is 1. The molecule has 0 saturated carbocycles. The summed E-state index contributed by atoms with van der Waals surface area (Å²) in [4.78, 5) is 34.9. The molecule has 1 amide bonds. The lowest BCUT2D eigenvalue weighted by molar-refractivity contribution is -0.385. The number of carboxylic acid groups (broad SMARTS) is 1. The van der Waals surface area contributed by atoms with Gasteiger partial charge in [0.15, 0.2) is 6.04 Å². The van der Waals surface area contributed by atoms with E-state index in [2.05, 4.69) is 0 Å². The molecular formula is C14H16N2O6. The lowest BCUT2D eigenvalue weighted by Crippen LogP contribution is -2.44. The maximum absolute atomic E-state index is 12.0. The maximum Gasteiger partial charge on any atom is 0.411 e. The molecule has 0 radical (unpaired) electrons. The van der Waals surface area contributed by atoms with Crippen LogP contribution in [0.25, 0.3) is 0 Å². The molecular weight excluding hydrogens is 292 g/mol. The Kier molecular flexibility index (Phi) is 4.30. The molecule has 1 N–H and O–H groups in total. The first-order valence-corrected chi connectivity index (χ1v) is 6.75. The normalized spacial score (nSPS) is 21.0. The van der Waals surface area contributed by atoms with Crippen LogP contribution in [0.5, 0.6) is 0 Å². The van der Waals surface area contributed by atoms with Crippen molar-refractivity contribution in [1.82, 2.24) is 4.90 Å². The third-order valence-corrected chi connectivity index (χ3v) is 3.56. The van der Waals surface area contributed by atoms with Gasteiger partial charge in [-0.25, -0.2) is 9.59 Å². The number of aliphatic carboxylic acids is 1. The topological polar surface area (TPSA) is 110 Å². The van der Waals surface area contributed by atoms with Gasteiger partial charge in [0.05, 0.1) is 11.5 Å². The number of nitro benzene ring substituents is 1. The first-order chi connectivity index (χ1) is 10.3. The molecule has 0 aliphatic carbocycles. The Bertz CT molecular complexity index is 615. The molecule has 1 aromatic rings. The highest BCUT2D eigenvalue weighted by Gasteiger charge is 2.48. The van der Waals surface area contributed by atoms with Crippen molar-refractivity contribution in [3.63, 3.8) is 0 Å². The fourth-order valence-electron chi connectivity index (χ4n) is 2.48. The zero-order valence-electron chi connectivity index (χ0n) is 12.1. The third kappa shape index (κ3) is 2.85. The zero-order chi connectivity index (χ0) is 16.4. The summed E-state index contributed by atoms with van der Waals surface area (Å²) >= 11 is 0. The van der Waals surface area contributed by atoms with Gasteiger partial charge in [-0.1, -0.05) is 32.0 Å². The van der Waals surface area contributed by atoms with Crippen molar-refractivity contribution >= 4 is 17.7 Å². The second-order valence-electron chi connectivity index (χ2n) is 5.39. The van der Waals surface area contributed by atoms with Crippen molar-refractivity contribution in [3.05, 3.63) is 39.9 Å². The number of nitrogens with zero attached hydrogens (tertiary/aromatic N) is 2. The SMILES string of the molecule is CC(C)[C@@H]1OC(=O)N(Cc2ccccc2[N+](=O)[O-])[C@H]1C(=O)O. The number of carboxylic acids is 1. The van der Waals surface area contributed by atoms with E-state index >= 15 is 0 Å². The zero-order valence-corrected chi connectivity index (χ0v) is 12.1. The Morgan fingerprint density at radius 2 is 2.09 bits per heavy atom. The van der Waals surface area contributed by atoms with Crippen molar-refractivity contribution in [2.24, 2.45) is 5.92 Å². The number of hydrogen-bond donors (Lipinski definition) is 1. The quantitative estimate of drug-likeness (QED) is 0.658. The van der Waals surface area contributed by atoms with E-state index in [0.717, 1.165) is 4.90 Å². The number of para-hydroxylation sites is 1. The summed E-state index contributed by atoms with van der Waals surface area (Å²) in [5, 5.41) is 20.4. The van der Waals surface area contributed by atoms with E-state index in [-0.39, 0.29) is 23.7 Å². The summed E-state index contributed by atoms with van der Waals surface area (Å²) in [6, 6.07) is 4.75. The number of amides is 1. The molecule has 0 bridgehead atoms. The summed E-state index contributed by atoms with van der Waals surface area (Å²) in [5.74, 6) is -1.37. The molecule has 0 unspecified atom stereocenters. The second kappa shape index (κ2) is 6.00. The molecule has 0 aromatic heterocycles. The largest absolute Gasteiger partial charge is 0.480 e. The fraction of sp³-hybridized carbons (Fsp3) is 0.429. The van der Waals surface area contributed by atoms with Crippen LogP contribution >= 0.6 is 0 Å². The van der Waals surface area contributed by atoms with Gasteiger partial charge in [-0.2, -0.15) is 0 Å². The van der Waals surface area contributed by atoms with Gasteiger partial charge in [-0.15, -0.1) is 0 Å². The Labute approximate surface area is 126 Å². The molecule has 8 heteroatoms. The smallest absolute Gasteiger partial charge is 0.411 e. The van der Waals surface area contributed by atoms with Crippen molar-refractivity contribution in [3.8, 4) is 0 Å². The van der Waals surface area contributed by atoms with E-state index < -0.39 is 29.1 Å². The number of carbonyl (C=O) groups is 2. The summed E-state index contributed by atoms with van der Waals surface area (Å²) in [6.07, 6.45) is -1.56. The van der Waals surface area contributed by atoms with Crippen LogP contribution in [-0.4, -0.2) is 39.1 Å². The fourth-order valence-corrected chi connectivity index (χ4v) is 2.48. The minimum absolute atomic E-state index is 0.160. The molecule has 2 atom stereocenters. The summed E-state index contributed by atoms with van der Waals surface area (Å²) in [5.41, 5.74) is 0.104. The molecule has 8 nitrogen and oxygen atoms in total. The molecule has 2 rings (SSSR count). The highest BCUT2D eigenvalue weighted by Crippen LogP contribution is 2.29. The Hall–Kier alpha value is -2.64. The van der Waals surface area contributed by atoms with Gasteiger partial charge in [0.2, 0.25) is 0 Å². The molecule has 22 heavy (non-hydrogen) atoms. The molecule has 1 aliphatic heterocycles. The number of cyclic esters (lactones) is 1. The van der Waals surface area contributed by atoms with Gasteiger partial charge in [-0.3, -0.25) is 15.0 Å². The summed E-state index contributed by atoms with van der Waals surface area (Å²) in [7, 11) is 0. The molecule has 1 aliphatic rings. The highest BCUT2D eigenvalue weighted by atomic mass is 16.6. The maximum atomic E-state index is 12.0. The van der Waals surface area contributed by atoms with Crippen LogP contribution in [-0.2, 0) is 16.1 Å². The van der Waals surface area contributed by atoms with E-state index in [9.17, 15) is 24.8 Å². The molecule has 1 heterocycles. The molecule has 1 saturated heterocycles. The summed E-state index contributed by atoms with van der Waals surface area (Å²) in [6.45, 7) is 3.32. The van der Waals surface area contributed by atoms with Crippen LogP contribution in [0.3, 0.4) is 0 Å². The van der Waals surface area contributed by atoms with Crippen molar-refractivity contribution in [2.75, 3.05) is 0 Å². The van der Waals surface area contributed by atoms with Gasteiger partial charge >= 0.3 is 12.1 Å². The van der Waals surface area contributed by atoms with E-state index in [1.165, 1.54) is 18.2 Å². The Morgan fingerprint density at radius 3 is 2.64 bits per heavy atom. The van der Waals surface area contributed by atoms with Crippen molar-refractivity contribution in [2.45, 2.75) is 32.5 Å². The molecule has 1 aromatic carbocycles. The molecule has 0 spiro atoms. The van der Waals surface area contributed by atoms with E-state index in [0.29, 0.717) is 0 Å². The minimum Gasteiger partial charge on any atom is -0.480 e. The molecule has 1 fully saturated rings. The van der Waals surface area contributed by atoms with Gasteiger partial charge in [0.25, 0.3) is 5.69 Å². The number of hydrogen-bond acceptors (Lipinski definition) is 5. The van der Waals surface area contributed by atoms with Gasteiger partial charge in [0, 0.05) is 11.6 Å². The van der Waals surface area contributed by atoms with Crippen molar-refractivity contribution in [1.29, 1.82) is 0 Å². The number of rotatable bonds is 5. The van der Waals surface area contributed by atoms with Crippen LogP contribution in [0.2, 0.25) is 0 Å². The average molecular weight is 308 g/mol. The van der Waals surface area contributed by atoms with Crippen LogP contribution in [0, 0.1) is 16.0 Å². The van der Waals surface area contributed by atoms with E-state index in [4.69, 9.17) is 4.74 Å². The predicted molar refractivity (Wildman–Crippen MR) is 75.2 cm³/mol. The monoisotopic (exact) mass is 308 g/mol. The van der Waals surface area contributed by atoms with Crippen LogP contribution in [0.4, 0.5) is 10.5 Å². The van der Waals surface area contributed by atoms with Crippen LogP contribution in [0.1, 0.15) is 19.4 Å². The predicted octanol–water partition coefficient (Wildman–Crippen LogP) is 2.02. The highest BCUT2D eigenvalue weighted by molar-refractivity contribution is 5.84. The number of carbonyl (C=O) groups excluding carboxylic acids is 1. The average Bonchev–Trinajstić information content (AvgIpc) is 2.77. The van der Waals surface area contributed by atoms with Gasteiger partial charge in [-0.05, 0) is 5.92 Å². The Morgan fingerprint density at radius 1 is 1.45 bits per heavy atom. The van der Waals surface area contributed by atoms with Crippen LogP contribution in [0.15, 0.2) is 24.3 Å². The van der Waals surface area contributed by atoms with E-state index in [1.807, 2.05) is 0 Å². The van der Waals surface area contributed by atoms with Crippen molar-refractivity contribution < 1.29 is 24.4 Å². The Balaban J connectivity index is 2.33. The molecule has 118 valence electrons. The van der Waals surface area contributed by atoms with Gasteiger partial charge in [0.1, 0.15) is 6.10 Å². The van der Waals surface area contributed by atoms with E-state index in [1.54, 1.807) is 19.9 Å². The lowest BCUT2D eigenvalue weighted by Gasteiger charge is -2.22. The standard InChI is InChI=1S/C14H16N2O6/c1-8(2)12-11(13(17)18)15(14(19)22-12)7-9-5-3-4-6-10(9)16(20)21/h3-6,8,11-12H,7H2,1-2H3,(H,17,18)/t11-,12+/m1/s1. The number of benzene rings is 1. The third-order valence-electron chi connectivity index (χ3n) is 3.56.